The van der Waals surface area contributed by atoms with Gasteiger partial charge in [0.15, 0.2) is 0 Å². The van der Waals surface area contributed by atoms with Crippen LogP contribution in [0, 0.1) is 0 Å². The van der Waals surface area contributed by atoms with Gasteiger partial charge in [0.05, 0.1) is 18.2 Å². The van der Waals surface area contributed by atoms with E-state index in [0.717, 1.165) is 55.4 Å². The molecule has 30 heavy (non-hydrogen) atoms. The van der Waals surface area contributed by atoms with Crippen molar-refractivity contribution in [1.82, 2.24) is 9.88 Å². The molecule has 1 saturated carbocycles. The molecule has 2 aromatic rings. The smallest absolute Gasteiger partial charge is 0.295 e. The normalized spacial score (nSPS) is 23.5. The number of benzene rings is 1. The van der Waals surface area contributed by atoms with Crippen molar-refractivity contribution in [1.29, 1.82) is 0 Å². The van der Waals surface area contributed by atoms with Gasteiger partial charge in [-0.2, -0.15) is 0 Å². The largest absolute Gasteiger partial charge is 0.507 e. The van der Waals surface area contributed by atoms with Crippen LogP contribution in [0.2, 0.25) is 0 Å². The minimum atomic E-state index is -0.623. The second-order valence-corrected chi connectivity index (χ2v) is 8.21. The second kappa shape index (κ2) is 7.59. The molecule has 1 atom stereocenters. The number of hydrogen-bond acceptors (Lipinski definition) is 5. The number of pyridine rings is 1. The molecule has 1 aromatic heterocycles. The molecule has 6 heteroatoms. The Morgan fingerprint density at radius 3 is 2.73 bits per heavy atom. The molecule has 2 aliphatic heterocycles. The molecule has 1 saturated heterocycles. The van der Waals surface area contributed by atoms with Gasteiger partial charge in [-0.05, 0) is 61.1 Å². The summed E-state index contributed by atoms with van der Waals surface area (Å²) in [6.45, 7) is 0.686. The van der Waals surface area contributed by atoms with Crippen LogP contribution >= 0.6 is 0 Å². The molecule has 1 aromatic carbocycles. The summed E-state index contributed by atoms with van der Waals surface area (Å²) in [4.78, 5) is 32.0. The molecule has 5 rings (SSSR count). The molecular formula is C24H24N2O4. The molecule has 0 spiro atoms. The van der Waals surface area contributed by atoms with Crippen molar-refractivity contribution < 1.29 is 19.4 Å². The summed E-state index contributed by atoms with van der Waals surface area (Å²) >= 11 is 0. The van der Waals surface area contributed by atoms with E-state index in [4.69, 9.17) is 4.74 Å². The van der Waals surface area contributed by atoms with Crippen molar-refractivity contribution in [2.24, 2.45) is 0 Å². The summed E-state index contributed by atoms with van der Waals surface area (Å²) in [6.07, 6.45) is 8.94. The van der Waals surface area contributed by atoms with E-state index in [9.17, 15) is 14.7 Å². The number of likely N-dealkylation sites (tertiary alicyclic amines) is 1. The SMILES string of the molecule is O=C1C(=O)N(C2CCCC2)C(c2cccnc2)/C1=C(/O)c1ccc2c(c1)CCCO2. The van der Waals surface area contributed by atoms with Gasteiger partial charge in [0.1, 0.15) is 11.5 Å². The number of aliphatic hydroxyl groups is 1. The molecule has 1 aliphatic carbocycles. The number of aliphatic hydroxyl groups excluding tert-OH is 1. The number of hydrogen-bond donors (Lipinski definition) is 1. The highest BCUT2D eigenvalue weighted by atomic mass is 16.5. The number of carbonyl (C=O) groups excluding carboxylic acids is 2. The summed E-state index contributed by atoms with van der Waals surface area (Å²) in [7, 11) is 0. The van der Waals surface area contributed by atoms with Gasteiger partial charge in [0.2, 0.25) is 0 Å². The Hall–Kier alpha value is -3.15. The molecule has 3 heterocycles. The molecule has 3 aliphatic rings. The third kappa shape index (κ3) is 3.07. The Balaban J connectivity index is 1.64. The zero-order valence-electron chi connectivity index (χ0n) is 16.7. The highest BCUT2D eigenvalue weighted by molar-refractivity contribution is 6.46. The molecule has 1 amide bonds. The van der Waals surface area contributed by atoms with E-state index >= 15 is 0 Å². The predicted molar refractivity (Wildman–Crippen MR) is 111 cm³/mol. The van der Waals surface area contributed by atoms with Crippen LogP contribution in [0.3, 0.4) is 0 Å². The van der Waals surface area contributed by atoms with Crippen molar-refractivity contribution >= 4 is 17.4 Å². The Kier molecular flexibility index (Phi) is 4.77. The minimum Gasteiger partial charge on any atom is -0.507 e. The summed E-state index contributed by atoms with van der Waals surface area (Å²) in [5.74, 6) is -0.468. The lowest BCUT2D eigenvalue weighted by atomic mass is 9.94. The maximum Gasteiger partial charge on any atom is 0.295 e. The Morgan fingerprint density at radius 1 is 1.13 bits per heavy atom. The Bertz CT molecular complexity index is 1020. The number of ether oxygens (including phenoxy) is 1. The van der Waals surface area contributed by atoms with Gasteiger partial charge in [0.25, 0.3) is 11.7 Å². The summed E-state index contributed by atoms with van der Waals surface area (Å²) in [6, 6.07) is 8.49. The van der Waals surface area contributed by atoms with E-state index in [1.54, 1.807) is 29.4 Å². The minimum absolute atomic E-state index is 0.00823. The molecule has 154 valence electrons. The first-order chi connectivity index (χ1) is 14.6. The van der Waals surface area contributed by atoms with Crippen molar-refractivity contribution in [3.8, 4) is 5.75 Å². The number of amides is 1. The summed E-state index contributed by atoms with van der Waals surface area (Å²) in [5.41, 5.74) is 2.44. The quantitative estimate of drug-likeness (QED) is 0.479. The van der Waals surface area contributed by atoms with Gasteiger partial charge in [-0.1, -0.05) is 18.9 Å². The van der Waals surface area contributed by atoms with Gasteiger partial charge >= 0.3 is 0 Å². The van der Waals surface area contributed by atoms with E-state index < -0.39 is 17.7 Å². The maximum absolute atomic E-state index is 13.1. The topological polar surface area (TPSA) is 79.7 Å². The van der Waals surface area contributed by atoms with Crippen molar-refractivity contribution in [3.63, 3.8) is 0 Å². The molecule has 1 N–H and O–H groups in total. The molecule has 0 bridgehead atoms. The standard InChI is InChI=1S/C24H24N2O4/c27-22(16-9-10-19-15(13-16)6-4-12-30-19)20-21(17-5-3-11-25-14-17)26(24(29)23(20)28)18-7-1-2-8-18/h3,5,9-11,13-14,18,21,27H,1-2,4,6-8,12H2/b22-20-. The number of fused-ring (bicyclic) bond motifs is 1. The zero-order chi connectivity index (χ0) is 20.7. The molecule has 6 nitrogen and oxygen atoms in total. The van der Waals surface area contributed by atoms with Gasteiger partial charge in [0, 0.05) is 24.0 Å². The molecule has 2 fully saturated rings. The van der Waals surface area contributed by atoms with Crippen LogP contribution in [0.4, 0.5) is 0 Å². The van der Waals surface area contributed by atoms with Crippen LogP contribution in [-0.4, -0.2) is 39.3 Å². The number of aryl methyl sites for hydroxylation is 1. The first kappa shape index (κ1) is 18.9. The lowest BCUT2D eigenvalue weighted by Gasteiger charge is -2.30. The Morgan fingerprint density at radius 2 is 1.97 bits per heavy atom. The third-order valence-corrected chi connectivity index (χ3v) is 6.38. The lowest BCUT2D eigenvalue weighted by molar-refractivity contribution is -0.141. The third-order valence-electron chi connectivity index (χ3n) is 6.38. The fourth-order valence-electron chi connectivity index (χ4n) is 4.94. The molecular weight excluding hydrogens is 380 g/mol. The number of nitrogens with zero attached hydrogens (tertiary/aromatic N) is 2. The first-order valence-electron chi connectivity index (χ1n) is 10.6. The Labute approximate surface area is 175 Å². The average molecular weight is 404 g/mol. The molecule has 1 unspecified atom stereocenters. The number of ketones is 1. The van der Waals surface area contributed by atoms with Gasteiger partial charge in [-0.3, -0.25) is 14.6 Å². The van der Waals surface area contributed by atoms with Crippen LogP contribution in [0.25, 0.3) is 5.76 Å². The van der Waals surface area contributed by atoms with Crippen LogP contribution < -0.4 is 4.74 Å². The number of rotatable bonds is 3. The van der Waals surface area contributed by atoms with Crippen molar-refractivity contribution in [3.05, 3.63) is 65.0 Å². The molecule has 0 radical (unpaired) electrons. The fraction of sp³-hybridized carbons (Fsp3) is 0.375. The maximum atomic E-state index is 13.1. The van der Waals surface area contributed by atoms with Crippen LogP contribution in [0.1, 0.15) is 54.8 Å². The van der Waals surface area contributed by atoms with Crippen molar-refractivity contribution in [2.45, 2.75) is 50.6 Å². The van der Waals surface area contributed by atoms with Crippen LogP contribution in [0.5, 0.6) is 5.75 Å². The number of Topliss-reactive ketones (excluding diaryl/α,β-unsaturated/α-hetero) is 1. The predicted octanol–water partition coefficient (Wildman–Crippen LogP) is 3.77. The lowest BCUT2D eigenvalue weighted by Crippen LogP contribution is -2.37. The highest BCUT2D eigenvalue weighted by Gasteiger charge is 2.49. The van der Waals surface area contributed by atoms with Gasteiger partial charge in [-0.25, -0.2) is 0 Å². The highest BCUT2D eigenvalue weighted by Crippen LogP contribution is 2.43. The fourth-order valence-corrected chi connectivity index (χ4v) is 4.94. The van der Waals surface area contributed by atoms with Crippen LogP contribution in [-0.2, 0) is 16.0 Å². The zero-order valence-corrected chi connectivity index (χ0v) is 16.7. The van der Waals surface area contributed by atoms with Crippen LogP contribution in [0.15, 0.2) is 48.3 Å². The van der Waals surface area contributed by atoms with Crippen molar-refractivity contribution in [2.75, 3.05) is 6.61 Å². The van der Waals surface area contributed by atoms with E-state index in [-0.39, 0.29) is 17.4 Å². The van der Waals surface area contributed by atoms with E-state index in [1.807, 2.05) is 18.2 Å². The second-order valence-electron chi connectivity index (χ2n) is 8.21. The van der Waals surface area contributed by atoms with E-state index in [2.05, 4.69) is 4.98 Å². The average Bonchev–Trinajstić information content (AvgIpc) is 3.40. The monoisotopic (exact) mass is 404 g/mol. The van der Waals surface area contributed by atoms with Gasteiger partial charge < -0.3 is 14.7 Å². The van der Waals surface area contributed by atoms with E-state index in [0.29, 0.717) is 12.2 Å². The first-order valence-corrected chi connectivity index (χ1v) is 10.6. The van der Waals surface area contributed by atoms with Gasteiger partial charge in [-0.15, -0.1) is 0 Å². The summed E-state index contributed by atoms with van der Waals surface area (Å²) < 4.78 is 5.66. The number of aromatic nitrogens is 1. The van der Waals surface area contributed by atoms with E-state index in [1.165, 1.54) is 0 Å². The summed E-state index contributed by atoms with van der Waals surface area (Å²) in [5, 5.41) is 11.2. The number of carbonyl (C=O) groups is 2.